The summed E-state index contributed by atoms with van der Waals surface area (Å²) in [6.45, 7) is 0. The lowest BCUT2D eigenvalue weighted by molar-refractivity contribution is 0.0692. The van der Waals surface area contributed by atoms with Crippen molar-refractivity contribution in [2.24, 2.45) is 0 Å². The third-order valence-electron chi connectivity index (χ3n) is 2.31. The lowest BCUT2D eigenvalue weighted by Crippen LogP contribution is -1.98. The first-order valence-electron chi connectivity index (χ1n) is 4.87. The van der Waals surface area contributed by atoms with Gasteiger partial charge in [-0.25, -0.2) is 13.6 Å². The van der Waals surface area contributed by atoms with Crippen LogP contribution in [-0.4, -0.2) is 22.6 Å². The van der Waals surface area contributed by atoms with Crippen molar-refractivity contribution in [1.29, 1.82) is 0 Å². The van der Waals surface area contributed by atoms with Crippen molar-refractivity contribution in [3.05, 3.63) is 35.3 Å². The number of carboxylic acid groups (broad SMARTS) is 1. The molecule has 0 radical (unpaired) electrons. The standard InChI is InChI=1S/C11H6F3NO3S/c1-18-10-8(13)4(2-5(12)9(10)14)7-3-6(11(16)17)15-19-7/h2-3H,1H3,(H,16,17). The first-order chi connectivity index (χ1) is 8.95. The van der Waals surface area contributed by atoms with Crippen LogP contribution in [0.1, 0.15) is 10.5 Å². The van der Waals surface area contributed by atoms with Crippen LogP contribution in [0.2, 0.25) is 0 Å². The van der Waals surface area contributed by atoms with E-state index in [4.69, 9.17) is 5.11 Å². The molecule has 2 rings (SSSR count). The molecule has 0 spiro atoms. The molecule has 4 nitrogen and oxygen atoms in total. The predicted octanol–water partition coefficient (Wildman–Crippen LogP) is 2.93. The van der Waals surface area contributed by atoms with Crippen LogP contribution in [0.3, 0.4) is 0 Å². The minimum absolute atomic E-state index is 0.0621. The Morgan fingerprint density at radius 2 is 2.00 bits per heavy atom. The van der Waals surface area contributed by atoms with Gasteiger partial charge in [-0.3, -0.25) is 0 Å². The van der Waals surface area contributed by atoms with Crippen LogP contribution in [0.15, 0.2) is 12.1 Å². The van der Waals surface area contributed by atoms with E-state index in [-0.39, 0.29) is 16.1 Å². The second-order valence-corrected chi connectivity index (χ2v) is 4.25. The Morgan fingerprint density at radius 1 is 1.32 bits per heavy atom. The average molecular weight is 289 g/mol. The molecule has 1 aromatic heterocycles. The Morgan fingerprint density at radius 3 is 2.53 bits per heavy atom. The number of carboxylic acids is 1. The smallest absolute Gasteiger partial charge is 0.355 e. The summed E-state index contributed by atoms with van der Waals surface area (Å²) in [6, 6.07) is 1.70. The van der Waals surface area contributed by atoms with Crippen LogP contribution in [0.5, 0.6) is 5.75 Å². The number of ether oxygens (including phenoxy) is 1. The van der Waals surface area contributed by atoms with E-state index in [1.807, 2.05) is 0 Å². The molecule has 100 valence electrons. The lowest BCUT2D eigenvalue weighted by Gasteiger charge is -2.07. The molecule has 19 heavy (non-hydrogen) atoms. The topological polar surface area (TPSA) is 59.4 Å². The Balaban J connectivity index is 2.61. The molecule has 0 aliphatic heterocycles. The van der Waals surface area contributed by atoms with Crippen molar-refractivity contribution in [2.45, 2.75) is 0 Å². The van der Waals surface area contributed by atoms with Crippen molar-refractivity contribution < 1.29 is 27.8 Å². The molecule has 0 amide bonds. The molecule has 2 aromatic rings. The molecule has 0 fully saturated rings. The van der Waals surface area contributed by atoms with Crippen LogP contribution in [0.25, 0.3) is 10.4 Å². The second-order valence-electron chi connectivity index (χ2n) is 3.45. The first kappa shape index (κ1) is 13.3. The molecule has 0 aliphatic carbocycles. The fraction of sp³-hybridized carbons (Fsp3) is 0.0909. The van der Waals surface area contributed by atoms with Gasteiger partial charge in [0.15, 0.2) is 23.1 Å². The zero-order valence-corrected chi connectivity index (χ0v) is 10.2. The molecule has 0 bridgehead atoms. The van der Waals surface area contributed by atoms with Gasteiger partial charge in [0.05, 0.1) is 12.0 Å². The largest absolute Gasteiger partial charge is 0.491 e. The summed E-state index contributed by atoms with van der Waals surface area (Å²) in [5, 5.41) is 8.71. The summed E-state index contributed by atoms with van der Waals surface area (Å²) in [5.74, 6) is -6.00. The highest BCUT2D eigenvalue weighted by Gasteiger charge is 2.22. The maximum atomic E-state index is 13.9. The Bertz CT molecular complexity index is 657. The number of hydrogen-bond donors (Lipinski definition) is 1. The molecule has 0 atom stereocenters. The third-order valence-corrected chi connectivity index (χ3v) is 3.14. The molecule has 1 aromatic carbocycles. The van der Waals surface area contributed by atoms with Crippen LogP contribution in [-0.2, 0) is 0 Å². The van der Waals surface area contributed by atoms with Gasteiger partial charge in [0.25, 0.3) is 0 Å². The highest BCUT2D eigenvalue weighted by Crippen LogP contribution is 2.35. The average Bonchev–Trinajstić information content (AvgIpc) is 2.84. The maximum absolute atomic E-state index is 13.9. The second kappa shape index (κ2) is 4.88. The fourth-order valence-corrected chi connectivity index (χ4v) is 2.18. The molecule has 8 heteroatoms. The highest BCUT2D eigenvalue weighted by atomic mass is 32.1. The van der Waals surface area contributed by atoms with Crippen molar-refractivity contribution in [3.8, 4) is 16.2 Å². The Labute approximate surface area is 109 Å². The van der Waals surface area contributed by atoms with E-state index in [2.05, 4.69) is 9.11 Å². The summed E-state index contributed by atoms with van der Waals surface area (Å²) < 4.78 is 48.5. The number of halogens is 3. The van der Waals surface area contributed by atoms with Crippen molar-refractivity contribution in [2.75, 3.05) is 7.11 Å². The summed E-state index contributed by atoms with van der Waals surface area (Å²) in [5.41, 5.74) is -0.608. The molecule has 0 unspecified atom stereocenters. The van der Waals surface area contributed by atoms with E-state index < -0.39 is 29.2 Å². The third kappa shape index (κ3) is 2.26. The van der Waals surface area contributed by atoms with Gasteiger partial charge in [-0.05, 0) is 23.7 Å². The van der Waals surface area contributed by atoms with E-state index in [0.717, 1.165) is 13.2 Å². The van der Waals surface area contributed by atoms with E-state index in [1.54, 1.807) is 0 Å². The zero-order valence-electron chi connectivity index (χ0n) is 9.41. The molecule has 1 N–H and O–H groups in total. The van der Waals surface area contributed by atoms with Gasteiger partial charge in [-0.2, -0.15) is 8.76 Å². The number of rotatable bonds is 3. The number of hydrogen-bond acceptors (Lipinski definition) is 4. The van der Waals surface area contributed by atoms with Crippen molar-refractivity contribution >= 4 is 17.5 Å². The lowest BCUT2D eigenvalue weighted by atomic mass is 10.1. The molecular weight excluding hydrogens is 283 g/mol. The summed E-state index contributed by atoms with van der Waals surface area (Å²) in [6.07, 6.45) is 0. The van der Waals surface area contributed by atoms with Gasteiger partial charge in [0, 0.05) is 5.56 Å². The van der Waals surface area contributed by atoms with E-state index in [0.29, 0.717) is 17.6 Å². The minimum Gasteiger partial charge on any atom is -0.491 e. The molecule has 0 aliphatic rings. The summed E-state index contributed by atoms with van der Waals surface area (Å²) in [4.78, 5) is 10.7. The predicted molar refractivity (Wildman–Crippen MR) is 60.9 cm³/mol. The Hall–Kier alpha value is -2.09. The number of aromatic carboxylic acids is 1. The zero-order chi connectivity index (χ0) is 14.2. The molecule has 1 heterocycles. The van der Waals surface area contributed by atoms with Gasteiger partial charge in [0.2, 0.25) is 5.82 Å². The van der Waals surface area contributed by atoms with Crippen LogP contribution < -0.4 is 4.74 Å². The summed E-state index contributed by atoms with van der Waals surface area (Å²) >= 11 is 0.663. The number of benzene rings is 1. The molecule has 0 saturated heterocycles. The number of aromatic nitrogens is 1. The van der Waals surface area contributed by atoms with Gasteiger partial charge >= 0.3 is 5.97 Å². The quantitative estimate of drug-likeness (QED) is 0.883. The van der Waals surface area contributed by atoms with Crippen molar-refractivity contribution in [3.63, 3.8) is 0 Å². The minimum atomic E-state index is -1.44. The number of methoxy groups -OCH3 is 1. The van der Waals surface area contributed by atoms with E-state index in [1.165, 1.54) is 0 Å². The number of carbonyl (C=O) groups is 1. The van der Waals surface area contributed by atoms with Gasteiger partial charge in [-0.1, -0.05) is 0 Å². The molecule has 0 saturated carbocycles. The summed E-state index contributed by atoms with van der Waals surface area (Å²) in [7, 11) is 1.00. The van der Waals surface area contributed by atoms with Gasteiger partial charge < -0.3 is 9.84 Å². The van der Waals surface area contributed by atoms with Crippen LogP contribution in [0, 0.1) is 17.5 Å². The number of nitrogens with zero attached hydrogens (tertiary/aromatic N) is 1. The van der Waals surface area contributed by atoms with Gasteiger partial charge in [-0.15, -0.1) is 0 Å². The normalized spacial score (nSPS) is 10.5. The first-order valence-corrected chi connectivity index (χ1v) is 5.65. The SMILES string of the molecule is COc1c(F)c(F)cc(-c2cc(C(=O)O)ns2)c1F. The molecular formula is C11H6F3NO3S. The highest BCUT2D eigenvalue weighted by molar-refractivity contribution is 7.09. The van der Waals surface area contributed by atoms with Gasteiger partial charge in [0.1, 0.15) is 0 Å². The van der Waals surface area contributed by atoms with Crippen LogP contribution in [0.4, 0.5) is 13.2 Å². The Kier molecular flexibility index (Phi) is 3.43. The van der Waals surface area contributed by atoms with E-state index in [9.17, 15) is 18.0 Å². The van der Waals surface area contributed by atoms with Crippen LogP contribution >= 0.6 is 11.5 Å². The van der Waals surface area contributed by atoms with E-state index >= 15 is 0 Å². The van der Waals surface area contributed by atoms with Crippen molar-refractivity contribution in [1.82, 2.24) is 4.37 Å². The fourth-order valence-electron chi connectivity index (χ4n) is 1.44. The monoisotopic (exact) mass is 289 g/mol. The maximum Gasteiger partial charge on any atom is 0.355 e.